The number of nitrogens with one attached hydrogen (secondary N) is 2. The lowest BCUT2D eigenvalue weighted by Gasteiger charge is -2.11. The van der Waals surface area contributed by atoms with E-state index in [1.54, 1.807) is 30.6 Å². The number of urea groups is 1. The Kier molecular flexibility index (Phi) is 5.62. The van der Waals surface area contributed by atoms with Crippen molar-refractivity contribution in [2.75, 3.05) is 12.4 Å². The van der Waals surface area contributed by atoms with Gasteiger partial charge in [-0.3, -0.25) is 9.56 Å². The maximum Gasteiger partial charge on any atom is 0.319 e. The Morgan fingerprint density at radius 2 is 1.97 bits per heavy atom. The zero-order chi connectivity index (χ0) is 22.8. The zero-order valence-electron chi connectivity index (χ0n) is 18.2. The predicted octanol–water partition coefficient (Wildman–Crippen LogP) is 4.32. The highest BCUT2D eigenvalue weighted by molar-refractivity contribution is 7.15. The first-order valence-electron chi connectivity index (χ1n) is 10.5. The van der Waals surface area contributed by atoms with Crippen LogP contribution in [0.15, 0.2) is 65.7 Å². The second kappa shape index (κ2) is 8.87. The lowest BCUT2D eigenvalue weighted by molar-refractivity contribution is 0.251. The summed E-state index contributed by atoms with van der Waals surface area (Å²) >= 11 is 1.66. The molecule has 2 amide bonds. The number of anilines is 1. The minimum Gasteiger partial charge on any atom is -0.497 e. The van der Waals surface area contributed by atoms with E-state index in [1.165, 1.54) is 4.88 Å². The zero-order valence-corrected chi connectivity index (χ0v) is 19.0. The summed E-state index contributed by atoms with van der Waals surface area (Å²) in [6.45, 7) is 2.71. The third-order valence-corrected chi connectivity index (χ3v) is 6.29. The number of aryl methyl sites for hydroxylation is 1. The van der Waals surface area contributed by atoms with Gasteiger partial charge in [0, 0.05) is 27.8 Å². The van der Waals surface area contributed by atoms with E-state index < -0.39 is 0 Å². The van der Waals surface area contributed by atoms with Gasteiger partial charge in [-0.2, -0.15) is 0 Å². The van der Waals surface area contributed by atoms with Crippen molar-refractivity contribution in [1.29, 1.82) is 0 Å². The quantitative estimate of drug-likeness (QED) is 0.466. The van der Waals surface area contributed by atoms with Gasteiger partial charge >= 0.3 is 6.03 Å². The number of hydrogen-bond donors (Lipinski definition) is 2. The number of benzene rings is 2. The molecule has 0 atom stereocenters. The molecule has 1 aliphatic heterocycles. The number of hydrogen-bond acceptors (Lipinski definition) is 6. The Morgan fingerprint density at radius 3 is 2.79 bits per heavy atom. The minimum absolute atomic E-state index is 0.222. The molecule has 3 heterocycles. The normalized spacial score (nSPS) is 12.2. The highest BCUT2D eigenvalue weighted by Crippen LogP contribution is 2.32. The summed E-state index contributed by atoms with van der Waals surface area (Å²) in [4.78, 5) is 18.5. The van der Waals surface area contributed by atoms with E-state index >= 15 is 0 Å². The van der Waals surface area contributed by atoms with Gasteiger partial charge in [0.1, 0.15) is 17.3 Å². The molecule has 8 nitrogen and oxygen atoms in total. The fourth-order valence-electron chi connectivity index (χ4n) is 3.76. The smallest absolute Gasteiger partial charge is 0.319 e. The van der Waals surface area contributed by atoms with Gasteiger partial charge in [0.15, 0.2) is 11.6 Å². The van der Waals surface area contributed by atoms with Crippen LogP contribution in [0.2, 0.25) is 0 Å². The van der Waals surface area contributed by atoms with Gasteiger partial charge in [-0.25, -0.2) is 4.79 Å². The fourth-order valence-corrected chi connectivity index (χ4v) is 4.81. The van der Waals surface area contributed by atoms with Gasteiger partial charge in [0.2, 0.25) is 0 Å². The van der Waals surface area contributed by atoms with Crippen molar-refractivity contribution in [3.8, 4) is 10.8 Å². The fraction of sp³-hybridized carbons (Fsp3) is 0.167. The van der Waals surface area contributed by atoms with E-state index in [-0.39, 0.29) is 12.6 Å². The third kappa shape index (κ3) is 4.22. The molecule has 9 heteroatoms. The van der Waals surface area contributed by atoms with Crippen molar-refractivity contribution in [1.82, 2.24) is 20.1 Å². The minimum atomic E-state index is -0.335. The lowest BCUT2D eigenvalue weighted by Crippen LogP contribution is -2.29. The molecule has 0 unspecified atom stereocenters. The van der Waals surface area contributed by atoms with Crippen LogP contribution in [0.25, 0.3) is 5.00 Å². The lowest BCUT2D eigenvalue weighted by atomic mass is 10.0. The summed E-state index contributed by atoms with van der Waals surface area (Å²) in [5.41, 5.74) is 3.69. The molecule has 166 valence electrons. The summed E-state index contributed by atoms with van der Waals surface area (Å²) in [6.07, 6.45) is 0. The van der Waals surface area contributed by atoms with Gasteiger partial charge in [0.05, 0.1) is 19.4 Å². The first-order valence-corrected chi connectivity index (χ1v) is 11.3. The Bertz CT molecular complexity index is 1340. The summed E-state index contributed by atoms with van der Waals surface area (Å²) < 4.78 is 7.21. The Morgan fingerprint density at radius 1 is 1.12 bits per heavy atom. The number of thiophene rings is 1. The van der Waals surface area contributed by atoms with Crippen LogP contribution in [0.5, 0.6) is 5.75 Å². The molecule has 0 spiro atoms. The molecule has 2 N–H and O–H groups in total. The highest BCUT2D eigenvalue weighted by Gasteiger charge is 2.25. The number of ether oxygens (including phenoxy) is 1. The SMILES string of the molecule is COc1cccc(NC(=O)NCc2nnc3n2-c2sc(C)cc2C(c2ccccc2)=NC3)c1. The van der Waals surface area contributed by atoms with E-state index in [4.69, 9.17) is 9.73 Å². The number of aromatic nitrogens is 3. The summed E-state index contributed by atoms with van der Waals surface area (Å²) in [6, 6.07) is 19.2. The number of rotatable bonds is 5. The van der Waals surface area contributed by atoms with E-state index in [0.717, 1.165) is 27.7 Å². The van der Waals surface area contributed by atoms with E-state index in [1.807, 2.05) is 34.9 Å². The van der Waals surface area contributed by atoms with E-state index in [0.29, 0.717) is 23.8 Å². The topological polar surface area (TPSA) is 93.4 Å². The molecular formula is C24H22N6O2S. The van der Waals surface area contributed by atoms with Crippen LogP contribution in [0.3, 0.4) is 0 Å². The van der Waals surface area contributed by atoms with Gasteiger partial charge in [-0.05, 0) is 25.1 Å². The molecule has 4 aromatic rings. The maximum atomic E-state index is 12.5. The molecule has 1 aliphatic rings. The van der Waals surface area contributed by atoms with Crippen molar-refractivity contribution in [3.05, 3.63) is 88.3 Å². The Labute approximate surface area is 195 Å². The summed E-state index contributed by atoms with van der Waals surface area (Å²) in [5.74, 6) is 2.07. The van der Waals surface area contributed by atoms with Crippen LogP contribution in [0, 0.1) is 6.92 Å². The Hall–Kier alpha value is -3.98. The number of aliphatic imine (C=N–C) groups is 1. The first-order chi connectivity index (χ1) is 16.1. The van der Waals surface area contributed by atoms with Gasteiger partial charge in [-0.15, -0.1) is 21.5 Å². The van der Waals surface area contributed by atoms with Gasteiger partial charge < -0.3 is 15.4 Å². The third-order valence-electron chi connectivity index (χ3n) is 5.25. The van der Waals surface area contributed by atoms with E-state index in [2.05, 4.69) is 46.0 Å². The number of methoxy groups -OCH3 is 1. The van der Waals surface area contributed by atoms with Crippen LogP contribution in [-0.2, 0) is 13.1 Å². The standard InChI is InChI=1S/C24H22N6O2S/c1-15-11-19-22(16-7-4-3-5-8-16)25-13-20-28-29-21(30(20)23(19)33-15)14-26-24(31)27-17-9-6-10-18(12-17)32-2/h3-12H,13-14H2,1-2H3,(H2,26,27,31). The molecule has 33 heavy (non-hydrogen) atoms. The number of carbonyl (C=O) groups excluding carboxylic acids is 1. The average molecular weight is 459 g/mol. The van der Waals surface area contributed by atoms with Crippen molar-refractivity contribution in [2.45, 2.75) is 20.0 Å². The second-order valence-corrected chi connectivity index (χ2v) is 8.75. The molecule has 0 saturated carbocycles. The molecule has 0 fully saturated rings. The van der Waals surface area contributed by atoms with Crippen molar-refractivity contribution < 1.29 is 9.53 Å². The van der Waals surface area contributed by atoms with Gasteiger partial charge in [0.25, 0.3) is 0 Å². The first kappa shape index (κ1) is 20.9. The Balaban J connectivity index is 1.39. The molecule has 0 radical (unpaired) electrons. The maximum absolute atomic E-state index is 12.5. The van der Waals surface area contributed by atoms with Crippen LogP contribution >= 0.6 is 11.3 Å². The highest BCUT2D eigenvalue weighted by atomic mass is 32.1. The van der Waals surface area contributed by atoms with Crippen molar-refractivity contribution in [3.63, 3.8) is 0 Å². The number of fused-ring (bicyclic) bond motifs is 3. The van der Waals surface area contributed by atoms with Crippen LogP contribution in [0.1, 0.15) is 27.7 Å². The molecule has 0 bridgehead atoms. The number of carbonyl (C=O) groups is 1. The van der Waals surface area contributed by atoms with Crippen LogP contribution in [0.4, 0.5) is 10.5 Å². The van der Waals surface area contributed by atoms with Crippen LogP contribution < -0.4 is 15.4 Å². The van der Waals surface area contributed by atoms with Gasteiger partial charge in [-0.1, -0.05) is 36.4 Å². The van der Waals surface area contributed by atoms with E-state index in [9.17, 15) is 4.79 Å². The molecule has 5 rings (SSSR count). The molecule has 2 aromatic carbocycles. The monoisotopic (exact) mass is 458 g/mol. The number of nitrogens with zero attached hydrogens (tertiary/aromatic N) is 4. The molecule has 0 saturated heterocycles. The van der Waals surface area contributed by atoms with Crippen LogP contribution in [-0.4, -0.2) is 33.6 Å². The number of amides is 2. The van der Waals surface area contributed by atoms with Crippen molar-refractivity contribution in [2.24, 2.45) is 4.99 Å². The second-order valence-electron chi connectivity index (χ2n) is 7.51. The largest absolute Gasteiger partial charge is 0.497 e. The summed E-state index contributed by atoms with van der Waals surface area (Å²) in [7, 11) is 1.59. The molecule has 0 aliphatic carbocycles. The molecular weight excluding hydrogens is 436 g/mol. The van der Waals surface area contributed by atoms with Crippen molar-refractivity contribution >= 4 is 28.8 Å². The average Bonchev–Trinajstić information content (AvgIpc) is 3.37. The predicted molar refractivity (Wildman–Crippen MR) is 129 cm³/mol. The summed E-state index contributed by atoms with van der Waals surface area (Å²) in [5, 5.41) is 15.4. The molecule has 2 aromatic heterocycles.